The Kier molecular flexibility index (Phi) is 7.14. The van der Waals surface area contributed by atoms with Gasteiger partial charge in [-0.25, -0.2) is 4.99 Å². The number of methoxy groups -OCH3 is 2. The predicted molar refractivity (Wildman–Crippen MR) is 102 cm³/mol. The lowest BCUT2D eigenvalue weighted by atomic mass is 9.97. The third-order valence-electron chi connectivity index (χ3n) is 4.17. The van der Waals surface area contributed by atoms with Gasteiger partial charge < -0.3 is 20.5 Å². The Morgan fingerprint density at radius 1 is 1.08 bits per heavy atom. The van der Waals surface area contributed by atoms with Crippen LogP contribution in [-0.4, -0.2) is 26.7 Å². The third kappa shape index (κ3) is 5.41. The molecule has 1 atom stereocenters. The van der Waals surface area contributed by atoms with Crippen LogP contribution in [0.2, 0.25) is 0 Å². The molecule has 3 N–H and O–H groups in total. The van der Waals surface area contributed by atoms with Gasteiger partial charge in [0.2, 0.25) is 0 Å². The fraction of sp³-hybridized carbons (Fsp3) is 0.350. The Labute approximate surface area is 149 Å². The summed E-state index contributed by atoms with van der Waals surface area (Å²) in [5, 5.41) is 3.23. The zero-order chi connectivity index (χ0) is 18.1. The summed E-state index contributed by atoms with van der Waals surface area (Å²) in [6, 6.07) is 16.2. The van der Waals surface area contributed by atoms with Gasteiger partial charge in [-0.2, -0.15) is 0 Å². The Morgan fingerprint density at radius 3 is 2.44 bits per heavy atom. The van der Waals surface area contributed by atoms with Gasteiger partial charge in [0.15, 0.2) is 17.5 Å². The highest BCUT2D eigenvalue weighted by Gasteiger charge is 2.09. The van der Waals surface area contributed by atoms with E-state index in [-0.39, 0.29) is 0 Å². The lowest BCUT2D eigenvalue weighted by Crippen LogP contribution is -2.34. The highest BCUT2D eigenvalue weighted by molar-refractivity contribution is 5.77. The maximum Gasteiger partial charge on any atom is 0.188 e. The van der Waals surface area contributed by atoms with E-state index >= 15 is 0 Å². The molecule has 0 radical (unpaired) electrons. The second kappa shape index (κ2) is 9.57. The van der Waals surface area contributed by atoms with Crippen molar-refractivity contribution in [2.24, 2.45) is 10.7 Å². The van der Waals surface area contributed by atoms with Crippen LogP contribution in [0.15, 0.2) is 53.5 Å². The zero-order valence-electron chi connectivity index (χ0n) is 15.2. The first-order chi connectivity index (χ1) is 12.2. The largest absolute Gasteiger partial charge is 0.493 e. The molecule has 0 spiro atoms. The number of nitrogens with one attached hydrogen (secondary N) is 1. The van der Waals surface area contributed by atoms with Crippen LogP contribution in [0.1, 0.15) is 30.4 Å². The van der Waals surface area contributed by atoms with Crippen LogP contribution in [0.4, 0.5) is 0 Å². The molecule has 0 aromatic heterocycles. The highest BCUT2D eigenvalue weighted by Crippen LogP contribution is 2.27. The van der Waals surface area contributed by atoms with E-state index in [4.69, 9.17) is 15.2 Å². The van der Waals surface area contributed by atoms with Crippen molar-refractivity contribution in [2.45, 2.75) is 25.8 Å². The van der Waals surface area contributed by atoms with Gasteiger partial charge in [-0.3, -0.25) is 0 Å². The highest BCUT2D eigenvalue weighted by atomic mass is 16.5. The van der Waals surface area contributed by atoms with Crippen molar-refractivity contribution in [3.63, 3.8) is 0 Å². The predicted octanol–water partition coefficient (Wildman–Crippen LogP) is 3.30. The molecule has 0 amide bonds. The van der Waals surface area contributed by atoms with Gasteiger partial charge in [0, 0.05) is 12.5 Å². The summed E-state index contributed by atoms with van der Waals surface area (Å²) in [5.41, 5.74) is 8.33. The molecule has 134 valence electrons. The minimum atomic E-state index is 0.413. The standard InChI is InChI=1S/C20H27N3O2/c1-4-16(17-8-6-5-7-9-17)14-23-20(21)22-13-15-10-11-18(24-2)19(12-15)25-3/h5-12,16H,4,13-14H2,1-3H3,(H3,21,22,23). The normalized spacial score (nSPS) is 12.5. The molecule has 5 nitrogen and oxygen atoms in total. The van der Waals surface area contributed by atoms with Crippen molar-refractivity contribution in [3.05, 3.63) is 59.7 Å². The molecular formula is C20H27N3O2. The van der Waals surface area contributed by atoms with E-state index < -0.39 is 0 Å². The Morgan fingerprint density at radius 2 is 1.80 bits per heavy atom. The monoisotopic (exact) mass is 341 g/mol. The molecule has 0 aliphatic heterocycles. The van der Waals surface area contributed by atoms with Gasteiger partial charge in [-0.1, -0.05) is 43.3 Å². The second-order valence-corrected chi connectivity index (χ2v) is 5.79. The van der Waals surface area contributed by atoms with E-state index in [2.05, 4.69) is 41.5 Å². The molecule has 25 heavy (non-hydrogen) atoms. The van der Waals surface area contributed by atoms with Crippen LogP contribution in [0.3, 0.4) is 0 Å². The van der Waals surface area contributed by atoms with Gasteiger partial charge in [-0.15, -0.1) is 0 Å². The van der Waals surface area contributed by atoms with Crippen molar-refractivity contribution >= 4 is 5.96 Å². The van der Waals surface area contributed by atoms with E-state index in [0.717, 1.165) is 18.5 Å². The average molecular weight is 341 g/mol. The Balaban J connectivity index is 1.93. The Hall–Kier alpha value is -2.69. The number of nitrogens with zero attached hydrogens (tertiary/aromatic N) is 1. The van der Waals surface area contributed by atoms with E-state index in [1.807, 2.05) is 24.3 Å². The van der Waals surface area contributed by atoms with Gasteiger partial charge in [0.25, 0.3) is 0 Å². The molecular weight excluding hydrogens is 314 g/mol. The van der Waals surface area contributed by atoms with Gasteiger partial charge >= 0.3 is 0 Å². The molecule has 0 fully saturated rings. The third-order valence-corrected chi connectivity index (χ3v) is 4.17. The molecule has 0 saturated carbocycles. The fourth-order valence-corrected chi connectivity index (χ4v) is 2.66. The molecule has 2 aromatic rings. The smallest absolute Gasteiger partial charge is 0.188 e. The number of hydrogen-bond donors (Lipinski definition) is 2. The lowest BCUT2D eigenvalue weighted by molar-refractivity contribution is 0.354. The lowest BCUT2D eigenvalue weighted by Gasteiger charge is -2.16. The number of ether oxygens (including phenoxy) is 2. The molecule has 2 rings (SSSR count). The molecule has 0 bridgehead atoms. The molecule has 1 unspecified atom stereocenters. The quantitative estimate of drug-likeness (QED) is 0.571. The summed E-state index contributed by atoms with van der Waals surface area (Å²) in [7, 11) is 3.24. The van der Waals surface area contributed by atoms with Crippen LogP contribution in [0, 0.1) is 0 Å². The maximum absolute atomic E-state index is 6.01. The first-order valence-corrected chi connectivity index (χ1v) is 8.47. The summed E-state index contributed by atoms with van der Waals surface area (Å²) in [6.07, 6.45) is 1.04. The van der Waals surface area contributed by atoms with Crippen molar-refractivity contribution in [1.82, 2.24) is 5.32 Å². The van der Waals surface area contributed by atoms with Crippen LogP contribution >= 0.6 is 0 Å². The van der Waals surface area contributed by atoms with Gasteiger partial charge in [0.1, 0.15) is 0 Å². The number of hydrogen-bond acceptors (Lipinski definition) is 3. The van der Waals surface area contributed by atoms with E-state index in [1.165, 1.54) is 5.56 Å². The van der Waals surface area contributed by atoms with Gasteiger partial charge in [-0.05, 0) is 29.7 Å². The number of guanidine groups is 1. The molecule has 2 aromatic carbocycles. The zero-order valence-corrected chi connectivity index (χ0v) is 15.2. The minimum Gasteiger partial charge on any atom is -0.493 e. The first-order valence-electron chi connectivity index (χ1n) is 8.47. The molecule has 5 heteroatoms. The summed E-state index contributed by atoms with van der Waals surface area (Å²) < 4.78 is 10.5. The maximum atomic E-state index is 6.01. The van der Waals surface area contributed by atoms with Crippen molar-refractivity contribution in [1.29, 1.82) is 0 Å². The fourth-order valence-electron chi connectivity index (χ4n) is 2.66. The molecule has 0 aliphatic rings. The Bertz CT molecular complexity index is 687. The molecule has 0 saturated heterocycles. The number of aliphatic imine (C=N–C) groups is 1. The summed E-state index contributed by atoms with van der Waals surface area (Å²) >= 11 is 0. The van der Waals surface area contributed by atoms with Crippen molar-refractivity contribution in [3.8, 4) is 11.5 Å². The van der Waals surface area contributed by atoms with Crippen molar-refractivity contribution < 1.29 is 9.47 Å². The van der Waals surface area contributed by atoms with E-state index in [1.54, 1.807) is 14.2 Å². The van der Waals surface area contributed by atoms with Crippen LogP contribution in [0.25, 0.3) is 0 Å². The summed E-state index contributed by atoms with van der Waals surface area (Å²) in [5.74, 6) is 2.26. The van der Waals surface area contributed by atoms with Crippen molar-refractivity contribution in [2.75, 3.05) is 20.8 Å². The van der Waals surface area contributed by atoms with Gasteiger partial charge in [0.05, 0.1) is 20.8 Å². The topological polar surface area (TPSA) is 68.9 Å². The summed E-state index contributed by atoms with van der Waals surface area (Å²) in [4.78, 5) is 4.41. The first kappa shape index (κ1) is 18.6. The minimum absolute atomic E-state index is 0.413. The summed E-state index contributed by atoms with van der Waals surface area (Å²) in [6.45, 7) is 3.43. The molecule has 0 heterocycles. The van der Waals surface area contributed by atoms with Crippen LogP contribution < -0.4 is 20.5 Å². The number of benzene rings is 2. The SMILES string of the molecule is CCC(CNC(N)=NCc1ccc(OC)c(OC)c1)c1ccccc1. The molecule has 0 aliphatic carbocycles. The van der Waals surface area contributed by atoms with Crippen LogP contribution in [0.5, 0.6) is 11.5 Å². The number of rotatable bonds is 8. The van der Waals surface area contributed by atoms with Crippen LogP contribution in [-0.2, 0) is 6.54 Å². The number of nitrogens with two attached hydrogens (primary N) is 1. The van der Waals surface area contributed by atoms with E-state index in [0.29, 0.717) is 29.9 Å². The average Bonchev–Trinajstić information content (AvgIpc) is 2.67. The van der Waals surface area contributed by atoms with E-state index in [9.17, 15) is 0 Å². The second-order valence-electron chi connectivity index (χ2n) is 5.79.